The first kappa shape index (κ1) is 14.8. The molecule has 1 fully saturated rings. The largest absolute Gasteiger partial charge is 0.493 e. The van der Waals surface area contributed by atoms with E-state index >= 15 is 0 Å². The molecule has 0 bridgehead atoms. The molecule has 106 valence electrons. The van der Waals surface area contributed by atoms with E-state index < -0.39 is 0 Å². The molecule has 2 atom stereocenters. The zero-order chi connectivity index (χ0) is 13.8. The summed E-state index contributed by atoms with van der Waals surface area (Å²) in [7, 11) is 0. The fourth-order valence-corrected chi connectivity index (χ4v) is 3.04. The Labute approximate surface area is 123 Å². The molecule has 0 spiro atoms. The van der Waals surface area contributed by atoms with Gasteiger partial charge in [0.05, 0.1) is 13.2 Å². The van der Waals surface area contributed by atoms with Gasteiger partial charge in [-0.2, -0.15) is 0 Å². The van der Waals surface area contributed by atoms with Crippen molar-refractivity contribution in [2.24, 2.45) is 11.7 Å². The summed E-state index contributed by atoms with van der Waals surface area (Å²) in [6.07, 6.45) is 1.93. The lowest BCUT2D eigenvalue weighted by molar-refractivity contribution is 0.166. The third-order valence-electron chi connectivity index (χ3n) is 3.35. The van der Waals surface area contributed by atoms with Crippen molar-refractivity contribution in [1.82, 2.24) is 0 Å². The number of halogens is 1. The first-order chi connectivity index (χ1) is 9.06. The third kappa shape index (κ3) is 4.20. The van der Waals surface area contributed by atoms with Crippen LogP contribution >= 0.6 is 15.9 Å². The Morgan fingerprint density at radius 2 is 2.32 bits per heavy atom. The van der Waals surface area contributed by atoms with Crippen molar-refractivity contribution >= 4 is 15.9 Å². The summed E-state index contributed by atoms with van der Waals surface area (Å²) in [4.78, 5) is 0. The maximum absolute atomic E-state index is 6.05. The number of hydrogen-bond donors (Lipinski definition) is 1. The smallest absolute Gasteiger partial charge is 0.125 e. The number of benzene rings is 1. The van der Waals surface area contributed by atoms with E-state index in [0.717, 1.165) is 48.4 Å². The number of nitrogens with two attached hydrogens (primary N) is 1. The van der Waals surface area contributed by atoms with Gasteiger partial charge in [0.15, 0.2) is 0 Å². The minimum absolute atomic E-state index is 0.130. The van der Waals surface area contributed by atoms with E-state index in [1.54, 1.807) is 0 Å². The summed E-state index contributed by atoms with van der Waals surface area (Å²) >= 11 is 3.54. The monoisotopic (exact) mass is 327 g/mol. The summed E-state index contributed by atoms with van der Waals surface area (Å²) in [6.45, 7) is 6.51. The lowest BCUT2D eigenvalue weighted by Crippen LogP contribution is -2.19. The Hall–Kier alpha value is -0.580. The molecule has 3 nitrogen and oxygen atoms in total. The number of aryl methyl sites for hydroxylation is 1. The molecule has 1 aliphatic heterocycles. The van der Waals surface area contributed by atoms with Gasteiger partial charge in [-0.1, -0.05) is 15.9 Å². The van der Waals surface area contributed by atoms with Gasteiger partial charge in [0.1, 0.15) is 5.75 Å². The maximum Gasteiger partial charge on any atom is 0.125 e. The van der Waals surface area contributed by atoms with Crippen LogP contribution in [0.1, 0.15) is 24.5 Å². The number of rotatable bonds is 5. The molecule has 1 aliphatic rings. The molecule has 1 heterocycles. The SMILES string of the molecule is Cc1cc(Br)cc(CC(C)N)c1OCC1CCOC1. The van der Waals surface area contributed by atoms with Crippen LogP contribution in [0.25, 0.3) is 0 Å². The predicted octanol–water partition coefficient (Wildman–Crippen LogP) is 3.06. The molecule has 0 aliphatic carbocycles. The van der Waals surface area contributed by atoms with Crippen molar-refractivity contribution in [3.8, 4) is 5.75 Å². The third-order valence-corrected chi connectivity index (χ3v) is 3.80. The van der Waals surface area contributed by atoms with Crippen molar-refractivity contribution in [2.45, 2.75) is 32.7 Å². The standard InChI is InChI=1S/C15H22BrNO2/c1-10-5-14(16)7-13(6-11(2)17)15(10)19-9-12-3-4-18-8-12/h5,7,11-12H,3-4,6,8-9,17H2,1-2H3. The fourth-order valence-electron chi connectivity index (χ4n) is 2.42. The van der Waals surface area contributed by atoms with Gasteiger partial charge in [-0.3, -0.25) is 0 Å². The first-order valence-corrected chi connectivity index (χ1v) is 7.60. The molecule has 2 unspecified atom stereocenters. The topological polar surface area (TPSA) is 44.5 Å². The summed E-state index contributed by atoms with van der Waals surface area (Å²) < 4.78 is 12.5. The Bertz CT molecular complexity index is 428. The lowest BCUT2D eigenvalue weighted by atomic mass is 10.0. The van der Waals surface area contributed by atoms with Gasteiger partial charge in [-0.25, -0.2) is 0 Å². The van der Waals surface area contributed by atoms with Crippen LogP contribution in [0.15, 0.2) is 16.6 Å². The van der Waals surface area contributed by atoms with E-state index in [9.17, 15) is 0 Å². The second-order valence-electron chi connectivity index (χ2n) is 5.43. The van der Waals surface area contributed by atoms with Crippen molar-refractivity contribution < 1.29 is 9.47 Å². The Kier molecular flexibility index (Phi) is 5.25. The van der Waals surface area contributed by atoms with Crippen LogP contribution in [0.4, 0.5) is 0 Å². The molecule has 1 saturated heterocycles. The van der Waals surface area contributed by atoms with Gasteiger partial charge in [0, 0.05) is 23.0 Å². The molecule has 1 aromatic rings. The molecule has 0 radical (unpaired) electrons. The predicted molar refractivity (Wildman–Crippen MR) is 80.7 cm³/mol. The summed E-state index contributed by atoms with van der Waals surface area (Å²) in [6, 6.07) is 4.33. The minimum Gasteiger partial charge on any atom is -0.493 e. The van der Waals surface area contributed by atoms with Gasteiger partial charge in [0.25, 0.3) is 0 Å². The molecule has 4 heteroatoms. The lowest BCUT2D eigenvalue weighted by Gasteiger charge is -2.18. The van der Waals surface area contributed by atoms with Gasteiger partial charge < -0.3 is 15.2 Å². The summed E-state index contributed by atoms with van der Waals surface area (Å²) in [5.74, 6) is 1.51. The molecule has 1 aromatic carbocycles. The molecule has 0 aromatic heterocycles. The van der Waals surface area contributed by atoms with Gasteiger partial charge >= 0.3 is 0 Å². The molecule has 0 amide bonds. The molecule has 0 saturated carbocycles. The van der Waals surface area contributed by atoms with E-state index in [1.807, 2.05) is 6.92 Å². The average molecular weight is 328 g/mol. The number of hydrogen-bond acceptors (Lipinski definition) is 3. The van der Waals surface area contributed by atoms with E-state index in [4.69, 9.17) is 15.2 Å². The van der Waals surface area contributed by atoms with Gasteiger partial charge in [-0.15, -0.1) is 0 Å². The van der Waals surface area contributed by atoms with E-state index in [2.05, 4.69) is 35.0 Å². The molecule has 2 rings (SSSR count). The highest BCUT2D eigenvalue weighted by Gasteiger charge is 2.18. The van der Waals surface area contributed by atoms with Crippen molar-refractivity contribution in [2.75, 3.05) is 19.8 Å². The van der Waals surface area contributed by atoms with Gasteiger partial charge in [0.2, 0.25) is 0 Å². The first-order valence-electron chi connectivity index (χ1n) is 6.81. The Morgan fingerprint density at radius 3 is 2.95 bits per heavy atom. The van der Waals surface area contributed by atoms with Crippen LogP contribution in [0.3, 0.4) is 0 Å². The Morgan fingerprint density at radius 1 is 1.53 bits per heavy atom. The van der Waals surface area contributed by atoms with Crippen LogP contribution in [0, 0.1) is 12.8 Å². The zero-order valence-corrected chi connectivity index (χ0v) is 13.2. The van der Waals surface area contributed by atoms with Crippen LogP contribution in [0.2, 0.25) is 0 Å². The zero-order valence-electron chi connectivity index (χ0n) is 11.6. The highest BCUT2D eigenvalue weighted by molar-refractivity contribution is 9.10. The molecule has 2 N–H and O–H groups in total. The number of ether oxygens (including phenoxy) is 2. The quantitative estimate of drug-likeness (QED) is 0.903. The minimum atomic E-state index is 0.130. The fraction of sp³-hybridized carbons (Fsp3) is 0.600. The highest BCUT2D eigenvalue weighted by Crippen LogP contribution is 2.30. The maximum atomic E-state index is 6.05. The normalized spacial score (nSPS) is 20.5. The van der Waals surface area contributed by atoms with Gasteiger partial charge in [-0.05, 0) is 49.9 Å². The van der Waals surface area contributed by atoms with Crippen LogP contribution in [0.5, 0.6) is 5.75 Å². The van der Waals surface area contributed by atoms with Crippen LogP contribution in [-0.4, -0.2) is 25.9 Å². The van der Waals surface area contributed by atoms with Crippen LogP contribution < -0.4 is 10.5 Å². The second kappa shape index (κ2) is 6.73. The molecular formula is C15H22BrNO2. The van der Waals surface area contributed by atoms with E-state index in [0.29, 0.717) is 5.92 Å². The average Bonchev–Trinajstić information content (AvgIpc) is 2.79. The van der Waals surface area contributed by atoms with E-state index in [1.165, 1.54) is 5.56 Å². The second-order valence-corrected chi connectivity index (χ2v) is 6.35. The molecule has 19 heavy (non-hydrogen) atoms. The summed E-state index contributed by atoms with van der Waals surface area (Å²) in [5, 5.41) is 0. The molecular weight excluding hydrogens is 306 g/mol. The van der Waals surface area contributed by atoms with E-state index in [-0.39, 0.29) is 6.04 Å². The van der Waals surface area contributed by atoms with Crippen molar-refractivity contribution in [1.29, 1.82) is 0 Å². The van der Waals surface area contributed by atoms with Crippen molar-refractivity contribution in [3.63, 3.8) is 0 Å². The highest BCUT2D eigenvalue weighted by atomic mass is 79.9. The van der Waals surface area contributed by atoms with Crippen molar-refractivity contribution in [3.05, 3.63) is 27.7 Å². The summed E-state index contributed by atoms with van der Waals surface area (Å²) in [5.41, 5.74) is 8.26. The van der Waals surface area contributed by atoms with Crippen LogP contribution in [-0.2, 0) is 11.2 Å². The Balaban J connectivity index is 2.11.